The molecule has 0 radical (unpaired) electrons. The van der Waals surface area contributed by atoms with E-state index in [0.717, 1.165) is 32.7 Å². The van der Waals surface area contributed by atoms with Crippen molar-refractivity contribution in [2.75, 3.05) is 32.8 Å². The van der Waals surface area contributed by atoms with Crippen LogP contribution in [0, 0.1) is 0 Å². The quantitative estimate of drug-likeness (QED) is 0.802. The highest BCUT2D eigenvalue weighted by Gasteiger charge is 2.26. The van der Waals surface area contributed by atoms with E-state index in [2.05, 4.69) is 51.2 Å². The molecule has 27 heavy (non-hydrogen) atoms. The molecule has 2 aliphatic heterocycles. The van der Waals surface area contributed by atoms with Crippen LogP contribution in [0.3, 0.4) is 0 Å². The maximum absolute atomic E-state index is 12.5. The Bertz CT molecular complexity index is 743. The third kappa shape index (κ3) is 4.76. The van der Waals surface area contributed by atoms with Crippen molar-refractivity contribution in [2.24, 2.45) is 0 Å². The van der Waals surface area contributed by atoms with Crippen LogP contribution in [0.4, 0.5) is 0 Å². The summed E-state index contributed by atoms with van der Waals surface area (Å²) in [6, 6.07) is 13.1. The van der Waals surface area contributed by atoms with Gasteiger partial charge in [-0.2, -0.15) is 0 Å². The Morgan fingerprint density at radius 3 is 3.04 bits per heavy atom. The van der Waals surface area contributed by atoms with E-state index >= 15 is 0 Å². The van der Waals surface area contributed by atoms with Gasteiger partial charge in [-0.15, -0.1) is 11.3 Å². The third-order valence-electron chi connectivity index (χ3n) is 5.39. The van der Waals surface area contributed by atoms with Crippen molar-refractivity contribution in [3.05, 3.63) is 57.8 Å². The van der Waals surface area contributed by atoms with Gasteiger partial charge in [0.15, 0.2) is 0 Å². The molecule has 6 heteroatoms. The van der Waals surface area contributed by atoms with Gasteiger partial charge in [0.25, 0.3) is 0 Å². The molecular formula is C21H27N3O2S. The normalized spacial score (nSPS) is 21.4. The fourth-order valence-electron chi connectivity index (χ4n) is 3.93. The van der Waals surface area contributed by atoms with E-state index in [1.165, 1.54) is 16.0 Å². The Kier molecular flexibility index (Phi) is 6.19. The largest absolute Gasteiger partial charge is 0.378 e. The molecule has 0 aliphatic carbocycles. The van der Waals surface area contributed by atoms with Gasteiger partial charge in [0.1, 0.15) is 0 Å². The molecule has 0 saturated carbocycles. The number of fused-ring (bicyclic) bond motifs is 1. The highest BCUT2D eigenvalue weighted by atomic mass is 32.1. The smallest absolute Gasteiger partial charge is 0.221 e. The molecule has 1 amide bonds. The highest BCUT2D eigenvalue weighted by molar-refractivity contribution is 7.10. The van der Waals surface area contributed by atoms with Crippen LogP contribution < -0.4 is 10.6 Å². The minimum atomic E-state index is 0.0900. The minimum Gasteiger partial charge on any atom is -0.378 e. The molecule has 1 saturated heterocycles. The van der Waals surface area contributed by atoms with Crippen molar-refractivity contribution in [2.45, 2.75) is 31.5 Å². The lowest BCUT2D eigenvalue weighted by atomic mass is 10.0. The summed E-state index contributed by atoms with van der Waals surface area (Å²) in [4.78, 5) is 16.5. The van der Waals surface area contributed by atoms with Crippen molar-refractivity contribution >= 4 is 17.2 Å². The van der Waals surface area contributed by atoms with Crippen molar-refractivity contribution in [3.8, 4) is 0 Å². The number of carbonyl (C=O) groups excluding carboxylic acids is 1. The lowest BCUT2D eigenvalue weighted by molar-refractivity contribution is -0.122. The van der Waals surface area contributed by atoms with E-state index in [1.807, 2.05) is 17.4 Å². The molecule has 5 nitrogen and oxygen atoms in total. The zero-order valence-corrected chi connectivity index (χ0v) is 16.3. The van der Waals surface area contributed by atoms with E-state index in [0.29, 0.717) is 19.6 Å². The summed E-state index contributed by atoms with van der Waals surface area (Å²) in [6.07, 6.45) is 1.56. The van der Waals surface area contributed by atoms with Gasteiger partial charge < -0.3 is 15.4 Å². The summed E-state index contributed by atoms with van der Waals surface area (Å²) in [6.45, 7) is 4.78. The van der Waals surface area contributed by atoms with Gasteiger partial charge in [-0.3, -0.25) is 9.69 Å². The van der Waals surface area contributed by atoms with E-state index in [9.17, 15) is 4.79 Å². The van der Waals surface area contributed by atoms with E-state index in [1.54, 1.807) is 0 Å². The van der Waals surface area contributed by atoms with Gasteiger partial charge in [0.05, 0.1) is 19.3 Å². The molecule has 2 N–H and O–H groups in total. The topological polar surface area (TPSA) is 53.6 Å². The summed E-state index contributed by atoms with van der Waals surface area (Å²) in [5, 5.41) is 8.70. The SMILES string of the molecule is O=C(CC1COCCN1)NCC(c1ccccc1)N1CCc2sccc2C1. The second-order valence-corrected chi connectivity index (χ2v) is 8.25. The number of nitrogens with zero attached hydrogens (tertiary/aromatic N) is 1. The number of carbonyl (C=O) groups is 1. The highest BCUT2D eigenvalue weighted by Crippen LogP contribution is 2.30. The monoisotopic (exact) mass is 385 g/mol. The van der Waals surface area contributed by atoms with Crippen LogP contribution in [0.1, 0.15) is 28.5 Å². The molecule has 4 rings (SSSR count). The molecule has 0 bridgehead atoms. The Labute approximate surface area is 164 Å². The molecule has 1 aromatic heterocycles. The number of benzene rings is 1. The maximum atomic E-state index is 12.5. The van der Waals surface area contributed by atoms with Crippen LogP contribution in [0.2, 0.25) is 0 Å². The number of ether oxygens (including phenoxy) is 1. The molecule has 2 atom stereocenters. The molecule has 2 aliphatic rings. The standard InChI is InChI=1S/C21H27N3O2S/c25-21(12-18-15-26-10-8-22-18)23-13-19(16-4-2-1-3-5-16)24-9-6-20-17(14-24)7-11-27-20/h1-5,7,11,18-19,22H,6,8-10,12-15H2,(H,23,25). The molecule has 1 aromatic carbocycles. The molecule has 2 unspecified atom stereocenters. The van der Waals surface area contributed by atoms with Gasteiger partial charge in [-0.05, 0) is 29.0 Å². The molecule has 2 aromatic rings. The fourth-order valence-corrected chi connectivity index (χ4v) is 4.82. The zero-order valence-electron chi connectivity index (χ0n) is 15.5. The average molecular weight is 386 g/mol. The van der Waals surface area contributed by atoms with Crippen LogP contribution in [0.25, 0.3) is 0 Å². The van der Waals surface area contributed by atoms with Crippen LogP contribution in [0.5, 0.6) is 0 Å². The first-order chi connectivity index (χ1) is 13.3. The number of morpholine rings is 1. The Morgan fingerprint density at radius 1 is 1.33 bits per heavy atom. The van der Waals surface area contributed by atoms with Crippen molar-refractivity contribution in [1.82, 2.24) is 15.5 Å². The lowest BCUT2D eigenvalue weighted by Crippen LogP contribution is -2.45. The van der Waals surface area contributed by atoms with E-state index < -0.39 is 0 Å². The second-order valence-electron chi connectivity index (χ2n) is 7.25. The van der Waals surface area contributed by atoms with Crippen molar-refractivity contribution in [3.63, 3.8) is 0 Å². The van der Waals surface area contributed by atoms with E-state index in [-0.39, 0.29) is 18.0 Å². The van der Waals surface area contributed by atoms with Gasteiger partial charge in [-0.1, -0.05) is 30.3 Å². The average Bonchev–Trinajstić information content (AvgIpc) is 3.18. The molecular weight excluding hydrogens is 358 g/mol. The fraction of sp³-hybridized carbons (Fsp3) is 0.476. The number of amides is 1. The Balaban J connectivity index is 1.40. The Morgan fingerprint density at radius 2 is 2.22 bits per heavy atom. The lowest BCUT2D eigenvalue weighted by Gasteiger charge is -2.35. The van der Waals surface area contributed by atoms with Gasteiger partial charge in [0, 0.05) is 43.5 Å². The summed E-state index contributed by atoms with van der Waals surface area (Å²) in [7, 11) is 0. The maximum Gasteiger partial charge on any atom is 0.221 e. The minimum absolute atomic E-state index is 0.0900. The van der Waals surface area contributed by atoms with Crippen molar-refractivity contribution < 1.29 is 9.53 Å². The van der Waals surface area contributed by atoms with Crippen LogP contribution in [-0.2, 0) is 22.5 Å². The van der Waals surface area contributed by atoms with Crippen LogP contribution in [0.15, 0.2) is 41.8 Å². The van der Waals surface area contributed by atoms with Gasteiger partial charge in [0.2, 0.25) is 5.91 Å². The van der Waals surface area contributed by atoms with Gasteiger partial charge >= 0.3 is 0 Å². The number of thiophene rings is 1. The predicted octanol–water partition coefficient (Wildman–Crippen LogP) is 2.34. The molecule has 144 valence electrons. The van der Waals surface area contributed by atoms with Gasteiger partial charge in [-0.25, -0.2) is 0 Å². The molecule has 1 fully saturated rings. The Hall–Kier alpha value is -1.73. The number of hydrogen-bond donors (Lipinski definition) is 2. The second kappa shape index (κ2) is 8.97. The third-order valence-corrected chi connectivity index (χ3v) is 6.41. The molecule has 0 spiro atoms. The summed E-state index contributed by atoms with van der Waals surface area (Å²) in [5.74, 6) is 0.0900. The number of hydrogen-bond acceptors (Lipinski definition) is 5. The number of rotatable bonds is 6. The summed E-state index contributed by atoms with van der Waals surface area (Å²) < 4.78 is 5.45. The molecule has 3 heterocycles. The number of nitrogens with one attached hydrogen (secondary N) is 2. The zero-order chi connectivity index (χ0) is 18.5. The van der Waals surface area contributed by atoms with Crippen molar-refractivity contribution in [1.29, 1.82) is 0 Å². The first-order valence-electron chi connectivity index (χ1n) is 9.71. The first kappa shape index (κ1) is 18.6. The van der Waals surface area contributed by atoms with Crippen LogP contribution >= 0.6 is 11.3 Å². The predicted molar refractivity (Wildman–Crippen MR) is 108 cm³/mol. The summed E-state index contributed by atoms with van der Waals surface area (Å²) in [5.41, 5.74) is 2.69. The van der Waals surface area contributed by atoms with Crippen LogP contribution in [-0.4, -0.2) is 49.7 Å². The van der Waals surface area contributed by atoms with E-state index in [4.69, 9.17) is 4.74 Å². The first-order valence-corrected chi connectivity index (χ1v) is 10.6. The summed E-state index contributed by atoms with van der Waals surface area (Å²) >= 11 is 1.86.